The number of aromatic nitrogens is 2. The van der Waals surface area contributed by atoms with E-state index >= 15 is 0 Å². The maximum absolute atomic E-state index is 12.6. The summed E-state index contributed by atoms with van der Waals surface area (Å²) in [5.41, 5.74) is 0.580. The predicted octanol–water partition coefficient (Wildman–Crippen LogP) is 3.77. The summed E-state index contributed by atoms with van der Waals surface area (Å²) >= 11 is 6.63. The quantitative estimate of drug-likeness (QED) is 0.548. The molecule has 0 bridgehead atoms. The van der Waals surface area contributed by atoms with E-state index in [2.05, 4.69) is 15.3 Å². The summed E-state index contributed by atoms with van der Waals surface area (Å²) in [6.45, 7) is 0. The number of carboxylic acid groups (broad SMARTS) is 1. The molecule has 23 heavy (non-hydrogen) atoms. The monoisotopic (exact) mass is 349 g/mol. The highest BCUT2D eigenvalue weighted by Gasteiger charge is 2.23. The highest BCUT2D eigenvalue weighted by atomic mass is 35.5. The molecule has 116 valence electrons. The minimum absolute atomic E-state index is 0.0779. The molecule has 0 unspecified atom stereocenters. The number of amides is 1. The maximum Gasteiger partial charge on any atom is 0.410 e. The van der Waals surface area contributed by atoms with Crippen molar-refractivity contribution < 1.29 is 19.1 Å². The third-order valence-electron chi connectivity index (χ3n) is 2.79. The number of anilines is 1. The van der Waals surface area contributed by atoms with Crippen LogP contribution >= 0.6 is 22.9 Å². The summed E-state index contributed by atoms with van der Waals surface area (Å²) in [6, 6.07) is 6.32. The van der Waals surface area contributed by atoms with Crippen LogP contribution < -0.4 is 5.32 Å². The van der Waals surface area contributed by atoms with Crippen molar-refractivity contribution in [2.24, 2.45) is 0 Å². The second-order valence-electron chi connectivity index (χ2n) is 4.30. The van der Waals surface area contributed by atoms with Gasteiger partial charge < -0.3 is 9.52 Å². The first-order valence-corrected chi connectivity index (χ1v) is 7.45. The van der Waals surface area contributed by atoms with Crippen molar-refractivity contribution in [2.75, 3.05) is 5.32 Å². The van der Waals surface area contributed by atoms with Crippen molar-refractivity contribution in [2.45, 2.75) is 0 Å². The number of furan rings is 1. The van der Waals surface area contributed by atoms with E-state index in [9.17, 15) is 9.59 Å². The number of halogens is 1. The molecular weight excluding hydrogens is 342 g/mol. The fourth-order valence-corrected chi connectivity index (χ4v) is 2.87. The van der Waals surface area contributed by atoms with Gasteiger partial charge in [0.05, 0.1) is 6.26 Å². The molecule has 3 heterocycles. The summed E-state index contributed by atoms with van der Waals surface area (Å²) in [7, 11) is 0. The van der Waals surface area contributed by atoms with Gasteiger partial charge in [0.25, 0.3) is 0 Å². The Morgan fingerprint density at radius 1 is 1.30 bits per heavy atom. The van der Waals surface area contributed by atoms with Crippen LogP contribution in [0.3, 0.4) is 0 Å². The zero-order chi connectivity index (χ0) is 16.4. The van der Waals surface area contributed by atoms with Gasteiger partial charge in [-0.05, 0) is 24.3 Å². The lowest BCUT2D eigenvalue weighted by atomic mass is 10.1. The van der Waals surface area contributed by atoms with Gasteiger partial charge in [-0.15, -0.1) is 0 Å². The van der Waals surface area contributed by atoms with E-state index < -0.39 is 6.09 Å². The first-order chi connectivity index (χ1) is 11.0. The number of carbonyl (C=O) groups is 2. The molecule has 7 nitrogen and oxygen atoms in total. The molecule has 0 spiro atoms. The Hall–Kier alpha value is -2.71. The summed E-state index contributed by atoms with van der Waals surface area (Å²) in [4.78, 5) is 31.7. The molecule has 0 aliphatic rings. The van der Waals surface area contributed by atoms with Crippen LogP contribution in [0.15, 0.2) is 41.1 Å². The molecule has 0 aliphatic carbocycles. The SMILES string of the molecule is O=C(O)Nc1nc(-c2ccco2)c(C(=O)c2ccc(Cl)nc2)s1. The topological polar surface area (TPSA) is 105 Å². The number of carbonyl (C=O) groups excluding carboxylic acids is 1. The van der Waals surface area contributed by atoms with E-state index in [1.165, 1.54) is 24.6 Å². The summed E-state index contributed by atoms with van der Waals surface area (Å²) in [5, 5.41) is 11.3. The molecule has 0 aliphatic heterocycles. The minimum Gasteiger partial charge on any atom is -0.465 e. The number of hydrogen-bond acceptors (Lipinski definition) is 6. The molecule has 0 fully saturated rings. The van der Waals surface area contributed by atoms with Crippen molar-refractivity contribution in [3.8, 4) is 11.5 Å². The van der Waals surface area contributed by atoms with Gasteiger partial charge in [0.2, 0.25) is 5.78 Å². The second-order valence-corrected chi connectivity index (χ2v) is 5.69. The number of ketones is 1. The van der Waals surface area contributed by atoms with E-state index in [0.29, 0.717) is 11.3 Å². The lowest BCUT2D eigenvalue weighted by molar-refractivity contribution is 0.104. The number of hydrogen-bond donors (Lipinski definition) is 2. The van der Waals surface area contributed by atoms with Crippen LogP contribution in [0.4, 0.5) is 9.93 Å². The van der Waals surface area contributed by atoms with Crippen molar-refractivity contribution >= 4 is 39.9 Å². The third kappa shape index (κ3) is 3.22. The van der Waals surface area contributed by atoms with Crippen LogP contribution in [0.25, 0.3) is 11.5 Å². The Bertz CT molecular complexity index is 859. The smallest absolute Gasteiger partial charge is 0.410 e. The molecule has 1 amide bonds. The van der Waals surface area contributed by atoms with E-state index in [1.54, 1.807) is 12.1 Å². The molecule has 2 N–H and O–H groups in total. The van der Waals surface area contributed by atoms with Crippen molar-refractivity contribution in [3.05, 3.63) is 52.3 Å². The lowest BCUT2D eigenvalue weighted by Gasteiger charge is -1.99. The van der Waals surface area contributed by atoms with Gasteiger partial charge in [0.1, 0.15) is 15.7 Å². The fraction of sp³-hybridized carbons (Fsp3) is 0. The zero-order valence-corrected chi connectivity index (χ0v) is 12.9. The van der Waals surface area contributed by atoms with Crippen molar-refractivity contribution in [3.63, 3.8) is 0 Å². The summed E-state index contributed by atoms with van der Waals surface area (Å²) < 4.78 is 5.26. The van der Waals surface area contributed by atoms with Gasteiger partial charge in [-0.1, -0.05) is 22.9 Å². The van der Waals surface area contributed by atoms with Gasteiger partial charge in [0, 0.05) is 11.8 Å². The van der Waals surface area contributed by atoms with E-state index in [1.807, 2.05) is 0 Å². The molecule has 0 saturated heterocycles. The average molecular weight is 350 g/mol. The molecule has 3 rings (SSSR count). The molecule has 3 aromatic heterocycles. The van der Waals surface area contributed by atoms with Gasteiger partial charge in [-0.3, -0.25) is 10.1 Å². The Morgan fingerprint density at radius 3 is 2.74 bits per heavy atom. The highest BCUT2D eigenvalue weighted by Crippen LogP contribution is 2.33. The predicted molar refractivity (Wildman–Crippen MR) is 84.1 cm³/mol. The highest BCUT2D eigenvalue weighted by molar-refractivity contribution is 7.18. The fourth-order valence-electron chi connectivity index (χ4n) is 1.84. The Labute approximate surface area is 138 Å². The standard InChI is InChI=1S/C14H8ClN3O4S/c15-9-4-3-7(6-16-9)11(19)12-10(8-2-1-5-22-8)17-13(23-12)18-14(20)21/h1-6H,(H,17,18)(H,20,21). The number of nitrogens with one attached hydrogen (secondary N) is 1. The normalized spacial score (nSPS) is 10.5. The number of rotatable bonds is 4. The second kappa shape index (κ2) is 6.19. The number of pyridine rings is 1. The molecule has 3 aromatic rings. The molecule has 0 atom stereocenters. The molecular formula is C14H8ClN3O4S. The van der Waals surface area contributed by atoms with Gasteiger partial charge >= 0.3 is 6.09 Å². The molecule has 0 radical (unpaired) electrons. The largest absolute Gasteiger partial charge is 0.465 e. The minimum atomic E-state index is -1.27. The molecule has 0 saturated carbocycles. The Morgan fingerprint density at radius 2 is 2.13 bits per heavy atom. The van der Waals surface area contributed by atoms with Gasteiger partial charge in [0.15, 0.2) is 10.9 Å². The average Bonchev–Trinajstić information content (AvgIpc) is 3.15. The Kier molecular flexibility index (Phi) is 4.09. The van der Waals surface area contributed by atoms with Crippen LogP contribution in [0, 0.1) is 0 Å². The van der Waals surface area contributed by atoms with Crippen LogP contribution in [0.1, 0.15) is 15.2 Å². The molecule has 0 aromatic carbocycles. The first-order valence-electron chi connectivity index (χ1n) is 6.25. The first kappa shape index (κ1) is 15.2. The summed E-state index contributed by atoms with van der Waals surface area (Å²) in [6.07, 6.45) is 1.52. The van der Waals surface area contributed by atoms with Crippen LogP contribution in [0.2, 0.25) is 5.15 Å². The van der Waals surface area contributed by atoms with Crippen molar-refractivity contribution in [1.29, 1.82) is 0 Å². The van der Waals surface area contributed by atoms with Crippen molar-refractivity contribution in [1.82, 2.24) is 9.97 Å². The van der Waals surface area contributed by atoms with E-state index in [4.69, 9.17) is 21.1 Å². The summed E-state index contributed by atoms with van der Waals surface area (Å²) in [5.74, 6) is 0.0152. The van der Waals surface area contributed by atoms with Crippen LogP contribution in [0.5, 0.6) is 0 Å². The number of thiazole rings is 1. The molecule has 9 heteroatoms. The van der Waals surface area contributed by atoms with E-state index in [0.717, 1.165) is 11.3 Å². The number of nitrogens with zero attached hydrogens (tertiary/aromatic N) is 2. The van der Waals surface area contributed by atoms with Gasteiger partial charge in [-0.25, -0.2) is 14.8 Å². The van der Waals surface area contributed by atoms with Crippen LogP contribution in [-0.2, 0) is 0 Å². The van der Waals surface area contributed by atoms with Crippen LogP contribution in [-0.4, -0.2) is 27.0 Å². The van der Waals surface area contributed by atoms with E-state index in [-0.39, 0.29) is 26.6 Å². The van der Waals surface area contributed by atoms with Gasteiger partial charge in [-0.2, -0.15) is 0 Å². The third-order valence-corrected chi connectivity index (χ3v) is 3.98. The Balaban J connectivity index is 2.05. The lowest BCUT2D eigenvalue weighted by Crippen LogP contribution is -2.06. The maximum atomic E-state index is 12.6. The zero-order valence-electron chi connectivity index (χ0n) is 11.3.